The van der Waals surface area contributed by atoms with E-state index in [2.05, 4.69) is 4.98 Å². The van der Waals surface area contributed by atoms with Gasteiger partial charge in [-0.1, -0.05) is 0 Å². The smallest absolute Gasteiger partial charge is 0.240 e. The number of aromatic hydroxyl groups is 1. The number of hydrogen-bond acceptors (Lipinski definition) is 3. The van der Waals surface area contributed by atoms with Gasteiger partial charge in [-0.3, -0.25) is 4.79 Å². The summed E-state index contributed by atoms with van der Waals surface area (Å²) in [6, 6.07) is 6.16. The van der Waals surface area contributed by atoms with Gasteiger partial charge in [0.25, 0.3) is 0 Å². The number of phenolic OH excluding ortho intramolecular Hbond substituents is 1. The number of hydrogen-bond donors (Lipinski definition) is 2. The van der Waals surface area contributed by atoms with E-state index in [4.69, 9.17) is 5.73 Å². The average molecular weight is 231 g/mol. The molecule has 0 spiro atoms. The molecule has 17 heavy (non-hydrogen) atoms. The predicted octanol–water partition coefficient (Wildman–Crippen LogP) is 1.30. The highest BCUT2D eigenvalue weighted by Crippen LogP contribution is 2.22. The first kappa shape index (κ1) is 11.2. The number of nitrogens with zero attached hydrogens (tertiary/aromatic N) is 2. The SMILES string of the molecule is CC(C(N)=O)n1ccnc1-c1ccc(O)cc1. The topological polar surface area (TPSA) is 81.1 Å². The van der Waals surface area contributed by atoms with Crippen LogP contribution in [0.4, 0.5) is 0 Å². The van der Waals surface area contributed by atoms with Crippen molar-refractivity contribution in [1.82, 2.24) is 9.55 Å². The zero-order valence-electron chi connectivity index (χ0n) is 9.37. The van der Waals surface area contributed by atoms with Crippen molar-refractivity contribution in [2.24, 2.45) is 5.73 Å². The molecule has 3 N–H and O–H groups in total. The number of amides is 1. The van der Waals surface area contributed by atoms with Crippen LogP contribution in [-0.2, 0) is 4.79 Å². The zero-order valence-corrected chi connectivity index (χ0v) is 9.37. The number of benzene rings is 1. The van der Waals surface area contributed by atoms with E-state index < -0.39 is 11.9 Å². The van der Waals surface area contributed by atoms with Crippen molar-refractivity contribution in [3.8, 4) is 17.1 Å². The van der Waals surface area contributed by atoms with Crippen LogP contribution in [0, 0.1) is 0 Å². The van der Waals surface area contributed by atoms with Crippen LogP contribution in [0.15, 0.2) is 36.7 Å². The van der Waals surface area contributed by atoms with E-state index in [9.17, 15) is 9.90 Å². The molecule has 1 unspecified atom stereocenters. The maximum atomic E-state index is 11.2. The van der Waals surface area contributed by atoms with Crippen molar-refractivity contribution in [2.45, 2.75) is 13.0 Å². The Balaban J connectivity index is 2.43. The average Bonchev–Trinajstić information content (AvgIpc) is 2.77. The van der Waals surface area contributed by atoms with E-state index in [-0.39, 0.29) is 5.75 Å². The van der Waals surface area contributed by atoms with Gasteiger partial charge in [0.15, 0.2) is 0 Å². The highest BCUT2D eigenvalue weighted by molar-refractivity contribution is 5.78. The molecule has 1 atom stereocenters. The molecule has 88 valence electrons. The van der Waals surface area contributed by atoms with Crippen molar-refractivity contribution < 1.29 is 9.90 Å². The highest BCUT2D eigenvalue weighted by Gasteiger charge is 2.15. The van der Waals surface area contributed by atoms with Crippen LogP contribution in [0.2, 0.25) is 0 Å². The first-order valence-corrected chi connectivity index (χ1v) is 5.21. The Kier molecular flexibility index (Phi) is 2.82. The maximum Gasteiger partial charge on any atom is 0.240 e. The summed E-state index contributed by atoms with van der Waals surface area (Å²) >= 11 is 0. The number of primary amides is 1. The molecule has 0 aliphatic carbocycles. The molecule has 1 aromatic heterocycles. The van der Waals surface area contributed by atoms with Crippen LogP contribution in [0.25, 0.3) is 11.4 Å². The summed E-state index contributed by atoms with van der Waals surface area (Å²) in [5.41, 5.74) is 6.09. The molecule has 0 saturated carbocycles. The lowest BCUT2D eigenvalue weighted by atomic mass is 10.2. The second-order valence-corrected chi connectivity index (χ2v) is 3.78. The third-order valence-electron chi connectivity index (χ3n) is 2.62. The summed E-state index contributed by atoms with van der Waals surface area (Å²) in [5, 5.41) is 9.22. The zero-order chi connectivity index (χ0) is 12.4. The van der Waals surface area contributed by atoms with Crippen LogP contribution >= 0.6 is 0 Å². The van der Waals surface area contributed by atoms with Gasteiger partial charge >= 0.3 is 0 Å². The molecule has 0 aliphatic heterocycles. The third kappa shape index (κ3) is 2.13. The van der Waals surface area contributed by atoms with Gasteiger partial charge in [0.05, 0.1) is 0 Å². The van der Waals surface area contributed by atoms with Gasteiger partial charge < -0.3 is 15.4 Å². The first-order valence-electron chi connectivity index (χ1n) is 5.21. The number of nitrogens with two attached hydrogens (primary N) is 1. The Bertz CT molecular complexity index is 531. The van der Waals surface area contributed by atoms with Crippen molar-refractivity contribution in [1.29, 1.82) is 0 Å². The number of aromatic nitrogens is 2. The largest absolute Gasteiger partial charge is 0.508 e. The number of carbonyl (C=O) groups is 1. The molecular weight excluding hydrogens is 218 g/mol. The number of carbonyl (C=O) groups excluding carboxylic acids is 1. The summed E-state index contributed by atoms with van der Waals surface area (Å²) in [5.74, 6) is 0.425. The van der Waals surface area contributed by atoms with Crippen molar-refractivity contribution in [2.75, 3.05) is 0 Å². The maximum absolute atomic E-state index is 11.2. The van der Waals surface area contributed by atoms with Gasteiger partial charge in [-0.15, -0.1) is 0 Å². The van der Waals surface area contributed by atoms with Crippen LogP contribution in [0.1, 0.15) is 13.0 Å². The summed E-state index contributed by atoms with van der Waals surface area (Å²) in [4.78, 5) is 15.4. The van der Waals surface area contributed by atoms with Crippen LogP contribution in [0.5, 0.6) is 5.75 Å². The Morgan fingerprint density at radius 1 is 1.41 bits per heavy atom. The number of imidazole rings is 1. The van der Waals surface area contributed by atoms with Crippen molar-refractivity contribution >= 4 is 5.91 Å². The fraction of sp³-hybridized carbons (Fsp3) is 0.167. The molecule has 0 saturated heterocycles. The molecule has 2 aromatic rings. The standard InChI is InChI=1S/C12H13N3O2/c1-8(11(13)17)15-7-6-14-12(15)9-2-4-10(16)5-3-9/h2-8,16H,1H3,(H2,13,17). The van der Waals surface area contributed by atoms with E-state index in [1.807, 2.05) is 0 Å². The Morgan fingerprint density at radius 3 is 2.65 bits per heavy atom. The molecule has 5 heteroatoms. The minimum absolute atomic E-state index is 0.190. The van der Waals surface area contributed by atoms with E-state index in [1.165, 1.54) is 0 Å². The lowest BCUT2D eigenvalue weighted by Crippen LogP contribution is -2.24. The molecule has 1 aromatic carbocycles. The van der Waals surface area contributed by atoms with Gasteiger partial charge in [-0.2, -0.15) is 0 Å². The lowest BCUT2D eigenvalue weighted by molar-refractivity contribution is -0.120. The quantitative estimate of drug-likeness (QED) is 0.835. The van der Waals surface area contributed by atoms with Gasteiger partial charge in [0.2, 0.25) is 5.91 Å². The summed E-state index contributed by atoms with van der Waals surface area (Å²) in [6.45, 7) is 1.72. The van der Waals surface area contributed by atoms with Gasteiger partial charge in [0, 0.05) is 18.0 Å². The molecule has 0 aliphatic rings. The van der Waals surface area contributed by atoms with Crippen LogP contribution in [-0.4, -0.2) is 20.6 Å². The minimum Gasteiger partial charge on any atom is -0.508 e. The van der Waals surface area contributed by atoms with Crippen LogP contribution in [0.3, 0.4) is 0 Å². The predicted molar refractivity (Wildman–Crippen MR) is 63.2 cm³/mol. The molecule has 2 rings (SSSR count). The van der Waals surface area contributed by atoms with Gasteiger partial charge in [-0.25, -0.2) is 4.98 Å². The van der Waals surface area contributed by atoms with Crippen molar-refractivity contribution in [3.05, 3.63) is 36.7 Å². The van der Waals surface area contributed by atoms with E-state index in [0.29, 0.717) is 5.82 Å². The second kappa shape index (κ2) is 4.29. The summed E-state index contributed by atoms with van der Waals surface area (Å²) in [7, 11) is 0. The normalized spacial score (nSPS) is 12.3. The number of phenols is 1. The van der Waals surface area contributed by atoms with E-state index in [1.54, 1.807) is 48.1 Å². The van der Waals surface area contributed by atoms with E-state index >= 15 is 0 Å². The molecule has 0 bridgehead atoms. The van der Waals surface area contributed by atoms with E-state index in [0.717, 1.165) is 5.56 Å². The molecule has 0 fully saturated rings. The fourth-order valence-electron chi connectivity index (χ4n) is 1.60. The van der Waals surface area contributed by atoms with Gasteiger partial charge in [0.1, 0.15) is 17.6 Å². The third-order valence-corrected chi connectivity index (χ3v) is 2.62. The molecule has 1 heterocycles. The van der Waals surface area contributed by atoms with Crippen LogP contribution < -0.4 is 5.73 Å². The molecular formula is C12H13N3O2. The lowest BCUT2D eigenvalue weighted by Gasteiger charge is -2.12. The minimum atomic E-state index is -0.457. The molecule has 1 amide bonds. The summed E-state index contributed by atoms with van der Waals surface area (Å²) < 4.78 is 1.70. The Labute approximate surface area is 98.5 Å². The second-order valence-electron chi connectivity index (χ2n) is 3.78. The molecule has 0 radical (unpaired) electrons. The summed E-state index contributed by atoms with van der Waals surface area (Å²) in [6.07, 6.45) is 3.32. The monoisotopic (exact) mass is 231 g/mol. The number of rotatable bonds is 3. The Morgan fingerprint density at radius 2 is 2.06 bits per heavy atom. The fourth-order valence-corrected chi connectivity index (χ4v) is 1.60. The van der Waals surface area contributed by atoms with Crippen molar-refractivity contribution in [3.63, 3.8) is 0 Å². The van der Waals surface area contributed by atoms with Gasteiger partial charge in [-0.05, 0) is 31.2 Å². The first-order chi connectivity index (χ1) is 8.09. The molecule has 5 nitrogen and oxygen atoms in total. The Hall–Kier alpha value is -2.30. The highest BCUT2D eigenvalue weighted by atomic mass is 16.3.